The molecule has 0 fully saturated rings. The molecule has 1 aliphatic rings. The van der Waals surface area contributed by atoms with Gasteiger partial charge in [0.15, 0.2) is 5.60 Å². The lowest BCUT2D eigenvalue weighted by atomic mass is 9.86. The van der Waals surface area contributed by atoms with Crippen molar-refractivity contribution in [1.29, 1.82) is 0 Å². The highest BCUT2D eigenvalue weighted by molar-refractivity contribution is 7.89. The molecule has 1 unspecified atom stereocenters. The van der Waals surface area contributed by atoms with Gasteiger partial charge in [-0.1, -0.05) is 90.5 Å². The fraction of sp³-hybridized carbons (Fsp3) is 0.185. The van der Waals surface area contributed by atoms with Crippen molar-refractivity contribution < 1.29 is 13.2 Å². The standard InChI is InChI=1S/C27H27NO3S/c1-21(2)18-27(24-12-8-5-9-13-24)20-28(19-26(31-27)23-10-6-4-7-11-23)32(29,30)25-16-14-22(3)15-17-25/h4-17,19H,1,18,20H2,2-3H3. The average Bonchev–Trinajstić information content (AvgIpc) is 2.80. The van der Waals surface area contributed by atoms with E-state index < -0.39 is 15.6 Å². The maximum Gasteiger partial charge on any atom is 0.264 e. The van der Waals surface area contributed by atoms with Crippen molar-refractivity contribution >= 4 is 15.8 Å². The number of sulfonamides is 1. The zero-order chi connectivity index (χ0) is 22.8. The smallest absolute Gasteiger partial charge is 0.264 e. The van der Waals surface area contributed by atoms with Crippen LogP contribution in [0.2, 0.25) is 0 Å². The van der Waals surface area contributed by atoms with Crippen LogP contribution in [0.4, 0.5) is 0 Å². The first-order chi connectivity index (χ1) is 15.3. The number of aryl methyl sites for hydroxylation is 1. The van der Waals surface area contributed by atoms with Crippen LogP contribution in [0.25, 0.3) is 5.76 Å². The van der Waals surface area contributed by atoms with Crippen LogP contribution in [-0.2, 0) is 20.4 Å². The molecule has 4 rings (SSSR count). The molecule has 4 nitrogen and oxygen atoms in total. The van der Waals surface area contributed by atoms with Crippen LogP contribution in [0.15, 0.2) is 108 Å². The van der Waals surface area contributed by atoms with Gasteiger partial charge in [-0.3, -0.25) is 4.31 Å². The Kier molecular flexibility index (Phi) is 5.94. The highest BCUT2D eigenvalue weighted by atomic mass is 32.2. The van der Waals surface area contributed by atoms with Crippen LogP contribution >= 0.6 is 0 Å². The lowest BCUT2D eigenvalue weighted by Gasteiger charge is -2.43. The van der Waals surface area contributed by atoms with Gasteiger partial charge < -0.3 is 4.74 Å². The third-order valence-corrected chi connectivity index (χ3v) is 7.27. The molecule has 0 radical (unpaired) electrons. The summed E-state index contributed by atoms with van der Waals surface area (Å²) < 4.78 is 35.4. The second-order valence-corrected chi connectivity index (χ2v) is 10.2. The van der Waals surface area contributed by atoms with Crippen molar-refractivity contribution in [2.45, 2.75) is 30.8 Å². The van der Waals surface area contributed by atoms with E-state index in [1.807, 2.05) is 86.6 Å². The number of ether oxygens (including phenoxy) is 1. The summed E-state index contributed by atoms with van der Waals surface area (Å²) in [5.41, 5.74) is 2.75. The molecule has 0 N–H and O–H groups in total. The molecular weight excluding hydrogens is 418 g/mol. The van der Waals surface area contributed by atoms with Crippen molar-refractivity contribution in [3.63, 3.8) is 0 Å². The molecule has 5 heteroatoms. The normalized spacial score (nSPS) is 18.6. The summed E-state index contributed by atoms with van der Waals surface area (Å²) in [6.07, 6.45) is 2.09. The Bertz CT molecular complexity index is 1230. The van der Waals surface area contributed by atoms with Crippen molar-refractivity contribution in [2.24, 2.45) is 0 Å². The van der Waals surface area contributed by atoms with Crippen LogP contribution in [0.1, 0.15) is 30.0 Å². The largest absolute Gasteiger partial charge is 0.478 e. The molecule has 0 aromatic heterocycles. The van der Waals surface area contributed by atoms with Crippen LogP contribution < -0.4 is 0 Å². The third-order valence-electron chi connectivity index (χ3n) is 5.55. The Labute approximate surface area is 190 Å². The Morgan fingerprint density at radius 1 is 0.969 bits per heavy atom. The van der Waals surface area contributed by atoms with Gasteiger partial charge >= 0.3 is 0 Å². The Balaban J connectivity index is 1.88. The fourth-order valence-corrected chi connectivity index (χ4v) is 5.37. The third kappa shape index (κ3) is 4.34. The van der Waals surface area contributed by atoms with E-state index in [0.717, 1.165) is 22.3 Å². The summed E-state index contributed by atoms with van der Waals surface area (Å²) >= 11 is 0. The van der Waals surface area contributed by atoms with Gasteiger partial charge in [0.25, 0.3) is 10.0 Å². The highest BCUT2D eigenvalue weighted by Crippen LogP contribution is 2.42. The van der Waals surface area contributed by atoms with Gasteiger partial charge in [-0.05, 0) is 31.5 Å². The van der Waals surface area contributed by atoms with Gasteiger partial charge in [-0.25, -0.2) is 8.42 Å². The van der Waals surface area contributed by atoms with Gasteiger partial charge in [-0.2, -0.15) is 0 Å². The molecule has 32 heavy (non-hydrogen) atoms. The van der Waals surface area contributed by atoms with E-state index in [1.54, 1.807) is 18.3 Å². The maximum atomic E-state index is 13.7. The first-order valence-electron chi connectivity index (χ1n) is 10.5. The molecule has 3 aromatic rings. The molecular formula is C27H27NO3S. The van der Waals surface area contributed by atoms with E-state index in [1.165, 1.54) is 4.31 Å². The van der Waals surface area contributed by atoms with Crippen LogP contribution in [0, 0.1) is 6.92 Å². The summed E-state index contributed by atoms with van der Waals surface area (Å²) in [5.74, 6) is 0.512. The van der Waals surface area contributed by atoms with E-state index in [9.17, 15) is 8.42 Å². The van der Waals surface area contributed by atoms with Gasteiger partial charge in [0.2, 0.25) is 0 Å². The highest BCUT2D eigenvalue weighted by Gasteiger charge is 2.43. The number of hydrogen-bond acceptors (Lipinski definition) is 3. The zero-order valence-corrected chi connectivity index (χ0v) is 19.2. The van der Waals surface area contributed by atoms with Crippen molar-refractivity contribution in [1.82, 2.24) is 4.31 Å². The van der Waals surface area contributed by atoms with Gasteiger partial charge in [-0.15, -0.1) is 0 Å². The van der Waals surface area contributed by atoms with Crippen LogP contribution in [-0.4, -0.2) is 19.3 Å². The predicted molar refractivity (Wildman–Crippen MR) is 128 cm³/mol. The van der Waals surface area contributed by atoms with E-state index in [-0.39, 0.29) is 11.4 Å². The van der Waals surface area contributed by atoms with Gasteiger partial charge in [0.1, 0.15) is 5.76 Å². The second-order valence-electron chi connectivity index (χ2n) is 8.32. The lowest BCUT2D eigenvalue weighted by molar-refractivity contribution is 0.0100. The maximum absolute atomic E-state index is 13.7. The second kappa shape index (κ2) is 8.67. The number of hydrogen-bond donors (Lipinski definition) is 0. The first-order valence-corrected chi connectivity index (χ1v) is 12.0. The fourth-order valence-electron chi connectivity index (χ4n) is 4.01. The van der Waals surface area contributed by atoms with Crippen LogP contribution in [0.5, 0.6) is 0 Å². The lowest BCUT2D eigenvalue weighted by Crippen LogP contribution is -2.46. The molecule has 164 valence electrons. The summed E-state index contributed by atoms with van der Waals surface area (Å²) in [6.45, 7) is 8.13. The van der Waals surface area contributed by atoms with E-state index >= 15 is 0 Å². The Morgan fingerprint density at radius 3 is 2.16 bits per heavy atom. The predicted octanol–water partition coefficient (Wildman–Crippen LogP) is 5.88. The molecule has 1 heterocycles. The van der Waals surface area contributed by atoms with E-state index in [4.69, 9.17) is 4.74 Å². The molecule has 0 bridgehead atoms. The molecule has 0 saturated heterocycles. The molecule has 0 saturated carbocycles. The van der Waals surface area contributed by atoms with E-state index in [0.29, 0.717) is 12.2 Å². The van der Waals surface area contributed by atoms with E-state index in [2.05, 4.69) is 6.58 Å². The Hall–Kier alpha value is -3.31. The minimum absolute atomic E-state index is 0.149. The Morgan fingerprint density at radius 2 is 1.56 bits per heavy atom. The summed E-state index contributed by atoms with van der Waals surface area (Å²) in [7, 11) is -3.79. The molecule has 0 amide bonds. The molecule has 1 atom stereocenters. The van der Waals surface area contributed by atoms with Gasteiger partial charge in [0.05, 0.1) is 17.6 Å². The SMILES string of the molecule is C=C(C)CC1(c2ccccc2)CN(S(=O)(=O)c2ccc(C)cc2)C=C(c2ccccc2)O1. The summed E-state index contributed by atoms with van der Waals surface area (Å²) in [6, 6.07) is 26.3. The topological polar surface area (TPSA) is 46.6 Å². The number of rotatable bonds is 6. The summed E-state index contributed by atoms with van der Waals surface area (Å²) in [4.78, 5) is 0.256. The van der Waals surface area contributed by atoms with Gasteiger partial charge in [0, 0.05) is 12.0 Å². The summed E-state index contributed by atoms with van der Waals surface area (Å²) in [5, 5.41) is 0. The van der Waals surface area contributed by atoms with Crippen molar-refractivity contribution in [3.8, 4) is 0 Å². The van der Waals surface area contributed by atoms with Crippen molar-refractivity contribution in [3.05, 3.63) is 120 Å². The molecule has 1 aliphatic heterocycles. The first kappa shape index (κ1) is 21.9. The minimum Gasteiger partial charge on any atom is -0.478 e. The van der Waals surface area contributed by atoms with Crippen molar-refractivity contribution in [2.75, 3.05) is 6.54 Å². The average molecular weight is 446 g/mol. The molecule has 3 aromatic carbocycles. The quantitative estimate of drug-likeness (QED) is 0.445. The zero-order valence-electron chi connectivity index (χ0n) is 18.4. The monoisotopic (exact) mass is 445 g/mol. The molecule has 0 spiro atoms. The molecule has 0 aliphatic carbocycles. The minimum atomic E-state index is -3.79. The number of benzene rings is 3. The van der Waals surface area contributed by atoms with Crippen LogP contribution in [0.3, 0.4) is 0 Å². The number of nitrogens with zero attached hydrogens (tertiary/aromatic N) is 1.